The number of carbonyl (C=O) groups is 2. The maximum atomic E-state index is 10.1. The molecule has 2 heteroatoms. The molecular formula is C9H14O2. The van der Waals surface area contributed by atoms with Gasteiger partial charge in [-0.05, 0) is 19.3 Å². The van der Waals surface area contributed by atoms with E-state index >= 15 is 0 Å². The third-order valence-electron chi connectivity index (χ3n) is 1.56. The maximum absolute atomic E-state index is 10.1. The molecule has 0 aliphatic heterocycles. The molecule has 0 aromatic heterocycles. The molecule has 0 amide bonds. The van der Waals surface area contributed by atoms with Crippen LogP contribution in [-0.2, 0) is 9.59 Å². The highest BCUT2D eigenvalue weighted by Crippen LogP contribution is 2.10. The summed E-state index contributed by atoms with van der Waals surface area (Å²) >= 11 is 0. The fourth-order valence-corrected chi connectivity index (χ4v) is 0.889. The van der Waals surface area contributed by atoms with Crippen LogP contribution in [0.5, 0.6) is 0 Å². The first kappa shape index (κ1) is 10.1. The lowest BCUT2D eigenvalue weighted by Crippen LogP contribution is -2.00. The smallest absolute Gasteiger partial charge is 0.120 e. The van der Waals surface area contributed by atoms with Crippen molar-refractivity contribution in [3.05, 3.63) is 12.2 Å². The zero-order valence-corrected chi connectivity index (χ0v) is 6.82. The summed E-state index contributed by atoms with van der Waals surface area (Å²) in [6.07, 6.45) is 7.47. The Labute approximate surface area is 67.3 Å². The van der Waals surface area contributed by atoms with Crippen LogP contribution in [0.1, 0.15) is 26.2 Å². The van der Waals surface area contributed by atoms with E-state index in [0.29, 0.717) is 12.8 Å². The van der Waals surface area contributed by atoms with Crippen LogP contribution in [0, 0.1) is 5.92 Å². The second-order valence-corrected chi connectivity index (χ2v) is 2.48. The molecule has 0 aliphatic carbocycles. The zero-order chi connectivity index (χ0) is 8.53. The highest BCUT2D eigenvalue weighted by Gasteiger charge is 2.04. The summed E-state index contributed by atoms with van der Waals surface area (Å²) in [4.78, 5) is 20.2. The fraction of sp³-hybridized carbons (Fsp3) is 0.556. The number of hydrogen-bond donors (Lipinski definition) is 0. The van der Waals surface area contributed by atoms with Gasteiger partial charge >= 0.3 is 0 Å². The molecule has 11 heavy (non-hydrogen) atoms. The largest absolute Gasteiger partial charge is 0.303 e. The van der Waals surface area contributed by atoms with Crippen molar-refractivity contribution in [2.24, 2.45) is 5.92 Å². The van der Waals surface area contributed by atoms with Gasteiger partial charge in [-0.2, -0.15) is 0 Å². The van der Waals surface area contributed by atoms with Crippen LogP contribution in [0.3, 0.4) is 0 Å². The Hall–Kier alpha value is -0.920. The van der Waals surface area contributed by atoms with Crippen LogP contribution in [0.15, 0.2) is 12.2 Å². The average molecular weight is 154 g/mol. The molecule has 62 valence electrons. The number of carbonyl (C=O) groups excluding carboxylic acids is 2. The number of aldehydes is 2. The molecule has 0 rings (SSSR count). The summed E-state index contributed by atoms with van der Waals surface area (Å²) < 4.78 is 0. The first-order chi connectivity index (χ1) is 5.35. The molecule has 0 aliphatic rings. The molecule has 0 spiro atoms. The van der Waals surface area contributed by atoms with E-state index in [4.69, 9.17) is 0 Å². The van der Waals surface area contributed by atoms with E-state index < -0.39 is 0 Å². The van der Waals surface area contributed by atoms with Gasteiger partial charge in [-0.3, -0.25) is 0 Å². The van der Waals surface area contributed by atoms with Crippen molar-refractivity contribution in [3.8, 4) is 0 Å². The average Bonchev–Trinajstić information content (AvgIpc) is 2.01. The van der Waals surface area contributed by atoms with Gasteiger partial charge in [0.2, 0.25) is 0 Å². The molecule has 0 N–H and O–H groups in total. The zero-order valence-electron chi connectivity index (χ0n) is 6.82. The van der Waals surface area contributed by atoms with Gasteiger partial charge in [0.15, 0.2) is 0 Å². The SMILES string of the molecule is C/C=C/CC(CC=O)CC=O. The van der Waals surface area contributed by atoms with E-state index in [1.165, 1.54) is 0 Å². The van der Waals surface area contributed by atoms with Gasteiger partial charge in [0.05, 0.1) is 0 Å². The number of rotatable bonds is 6. The predicted octanol–water partition coefficient (Wildman–Crippen LogP) is 1.75. The Morgan fingerprint density at radius 2 is 1.64 bits per heavy atom. The van der Waals surface area contributed by atoms with Gasteiger partial charge < -0.3 is 9.59 Å². The standard InChI is InChI=1S/C9H14O2/c1-2-3-4-9(5-7-10)6-8-11/h2-3,7-9H,4-6H2,1H3/b3-2+. The van der Waals surface area contributed by atoms with E-state index in [1.807, 2.05) is 19.1 Å². The molecule has 0 saturated heterocycles. The van der Waals surface area contributed by atoms with Crippen molar-refractivity contribution in [3.63, 3.8) is 0 Å². The molecule has 0 unspecified atom stereocenters. The van der Waals surface area contributed by atoms with Gasteiger partial charge in [0.1, 0.15) is 12.6 Å². The highest BCUT2D eigenvalue weighted by atomic mass is 16.1. The monoisotopic (exact) mass is 154 g/mol. The summed E-state index contributed by atoms with van der Waals surface area (Å²) in [6.45, 7) is 1.93. The lowest BCUT2D eigenvalue weighted by atomic mass is 9.99. The number of hydrogen-bond acceptors (Lipinski definition) is 2. The van der Waals surface area contributed by atoms with E-state index in [9.17, 15) is 9.59 Å². The maximum Gasteiger partial charge on any atom is 0.120 e. The Morgan fingerprint density at radius 1 is 1.09 bits per heavy atom. The minimum absolute atomic E-state index is 0.209. The second-order valence-electron chi connectivity index (χ2n) is 2.48. The van der Waals surface area contributed by atoms with Crippen molar-refractivity contribution < 1.29 is 9.59 Å². The van der Waals surface area contributed by atoms with Crippen LogP contribution < -0.4 is 0 Å². The summed E-state index contributed by atoms with van der Waals surface area (Å²) in [7, 11) is 0. The fourth-order valence-electron chi connectivity index (χ4n) is 0.889. The molecule has 0 atom stereocenters. The topological polar surface area (TPSA) is 34.1 Å². The highest BCUT2D eigenvalue weighted by molar-refractivity contribution is 5.54. The summed E-state index contributed by atoms with van der Waals surface area (Å²) in [5.41, 5.74) is 0. The quantitative estimate of drug-likeness (QED) is 0.431. The van der Waals surface area contributed by atoms with E-state index in [0.717, 1.165) is 19.0 Å². The summed E-state index contributed by atoms with van der Waals surface area (Å²) in [6, 6.07) is 0. The minimum Gasteiger partial charge on any atom is -0.303 e. The minimum atomic E-state index is 0.209. The predicted molar refractivity (Wildman–Crippen MR) is 44.3 cm³/mol. The summed E-state index contributed by atoms with van der Waals surface area (Å²) in [5.74, 6) is 0.209. The summed E-state index contributed by atoms with van der Waals surface area (Å²) in [5, 5.41) is 0. The van der Waals surface area contributed by atoms with Crippen molar-refractivity contribution in [2.75, 3.05) is 0 Å². The first-order valence-electron chi connectivity index (χ1n) is 3.83. The van der Waals surface area contributed by atoms with Crippen LogP contribution in [-0.4, -0.2) is 12.6 Å². The van der Waals surface area contributed by atoms with Gasteiger partial charge in [0.25, 0.3) is 0 Å². The van der Waals surface area contributed by atoms with Crippen LogP contribution >= 0.6 is 0 Å². The number of allylic oxidation sites excluding steroid dienone is 2. The molecule has 0 fully saturated rings. The molecule has 0 radical (unpaired) electrons. The normalized spacial score (nSPS) is 10.7. The van der Waals surface area contributed by atoms with Crippen LogP contribution in [0.25, 0.3) is 0 Å². The van der Waals surface area contributed by atoms with Crippen molar-refractivity contribution in [1.29, 1.82) is 0 Å². The molecule has 0 saturated carbocycles. The first-order valence-corrected chi connectivity index (χ1v) is 3.83. The molecule has 0 aromatic carbocycles. The van der Waals surface area contributed by atoms with Crippen LogP contribution in [0.2, 0.25) is 0 Å². The molecule has 2 nitrogen and oxygen atoms in total. The Bertz CT molecular complexity index is 128. The van der Waals surface area contributed by atoms with Gasteiger partial charge in [-0.1, -0.05) is 12.2 Å². The Kier molecular flexibility index (Phi) is 6.59. The Morgan fingerprint density at radius 3 is 2.00 bits per heavy atom. The second kappa shape index (κ2) is 7.19. The van der Waals surface area contributed by atoms with Gasteiger partial charge in [-0.15, -0.1) is 0 Å². The van der Waals surface area contributed by atoms with Gasteiger partial charge in [0, 0.05) is 12.8 Å². The van der Waals surface area contributed by atoms with E-state index in [-0.39, 0.29) is 5.92 Å². The van der Waals surface area contributed by atoms with E-state index in [1.54, 1.807) is 0 Å². The molecule has 0 heterocycles. The van der Waals surface area contributed by atoms with Crippen molar-refractivity contribution in [1.82, 2.24) is 0 Å². The van der Waals surface area contributed by atoms with Crippen LogP contribution in [0.4, 0.5) is 0 Å². The lowest BCUT2D eigenvalue weighted by molar-refractivity contribution is -0.110. The van der Waals surface area contributed by atoms with Crippen molar-refractivity contribution in [2.45, 2.75) is 26.2 Å². The third-order valence-corrected chi connectivity index (χ3v) is 1.56. The van der Waals surface area contributed by atoms with Crippen molar-refractivity contribution >= 4 is 12.6 Å². The molecular weight excluding hydrogens is 140 g/mol. The third kappa shape index (κ3) is 5.52. The van der Waals surface area contributed by atoms with E-state index in [2.05, 4.69) is 0 Å². The Balaban J connectivity index is 3.66. The van der Waals surface area contributed by atoms with Gasteiger partial charge in [-0.25, -0.2) is 0 Å². The lowest BCUT2D eigenvalue weighted by Gasteiger charge is -2.05. The molecule has 0 bridgehead atoms. The molecule has 0 aromatic rings.